The molecule has 1 unspecified atom stereocenters. The summed E-state index contributed by atoms with van der Waals surface area (Å²) in [5, 5.41) is 0. The third-order valence-corrected chi connectivity index (χ3v) is 4.20. The number of carbonyl (C=O) groups excluding carboxylic acids is 1. The molecule has 1 atom stereocenters. The van der Waals surface area contributed by atoms with Crippen LogP contribution in [0.1, 0.15) is 39.5 Å². The molecule has 2 saturated heterocycles. The first-order chi connectivity index (χ1) is 8.99. The second-order valence-corrected chi connectivity index (χ2v) is 6.04. The van der Waals surface area contributed by atoms with Crippen molar-refractivity contribution in [3.8, 4) is 0 Å². The predicted octanol–water partition coefficient (Wildman–Crippen LogP) is 1.33. The maximum absolute atomic E-state index is 12.5. The van der Waals surface area contributed by atoms with Crippen molar-refractivity contribution in [2.45, 2.75) is 50.7 Å². The zero-order valence-corrected chi connectivity index (χ0v) is 13.3. The maximum atomic E-state index is 12.5. The molecule has 0 bridgehead atoms. The van der Waals surface area contributed by atoms with E-state index in [4.69, 9.17) is 15.2 Å². The number of rotatable bonds is 3. The Bertz CT molecular complexity index is 325. The number of hydrogen-bond acceptors (Lipinski definition) is 4. The number of carbonyl (C=O) groups is 1. The minimum absolute atomic E-state index is 0. The van der Waals surface area contributed by atoms with Crippen LogP contribution in [0.3, 0.4) is 0 Å². The summed E-state index contributed by atoms with van der Waals surface area (Å²) >= 11 is 0. The van der Waals surface area contributed by atoms with Gasteiger partial charge >= 0.3 is 0 Å². The second kappa shape index (κ2) is 7.07. The van der Waals surface area contributed by atoms with E-state index < -0.39 is 5.54 Å². The van der Waals surface area contributed by atoms with E-state index in [-0.39, 0.29) is 23.9 Å². The molecule has 2 N–H and O–H groups in total. The third kappa shape index (κ3) is 3.85. The van der Waals surface area contributed by atoms with Crippen LogP contribution in [0.2, 0.25) is 0 Å². The molecule has 118 valence electrons. The van der Waals surface area contributed by atoms with E-state index in [1.807, 2.05) is 11.8 Å². The summed E-state index contributed by atoms with van der Waals surface area (Å²) in [5.41, 5.74) is 5.21. The average molecular weight is 307 g/mol. The smallest absolute Gasteiger partial charge is 0.242 e. The molecule has 1 spiro atoms. The lowest BCUT2D eigenvalue weighted by molar-refractivity contribution is -0.171. The van der Waals surface area contributed by atoms with Crippen molar-refractivity contribution in [3.63, 3.8) is 0 Å². The number of nitrogens with zero attached hydrogens (tertiary/aromatic N) is 1. The molecular formula is C14H27ClN2O3. The quantitative estimate of drug-likeness (QED) is 0.854. The SMILES string of the molecule is CCCC(C)(N)C(=O)N1CCOC2(CCOCC2)C1.Cl. The number of morpholine rings is 1. The lowest BCUT2D eigenvalue weighted by atomic mass is 9.90. The highest BCUT2D eigenvalue weighted by molar-refractivity contribution is 5.86. The summed E-state index contributed by atoms with van der Waals surface area (Å²) in [4.78, 5) is 14.4. The molecule has 2 heterocycles. The number of amides is 1. The number of halogens is 1. The molecular weight excluding hydrogens is 280 g/mol. The van der Waals surface area contributed by atoms with E-state index >= 15 is 0 Å². The second-order valence-electron chi connectivity index (χ2n) is 6.04. The standard InChI is InChI=1S/C14H26N2O3.ClH/c1-3-4-13(2,15)12(17)16-7-10-19-14(11-16)5-8-18-9-6-14;/h3-11,15H2,1-2H3;1H. The normalized spacial score (nSPS) is 24.9. The van der Waals surface area contributed by atoms with E-state index in [1.54, 1.807) is 0 Å². The minimum atomic E-state index is -0.752. The van der Waals surface area contributed by atoms with Gasteiger partial charge < -0.3 is 20.1 Å². The van der Waals surface area contributed by atoms with Crippen LogP contribution < -0.4 is 5.73 Å². The van der Waals surface area contributed by atoms with E-state index in [0.29, 0.717) is 19.7 Å². The Morgan fingerprint density at radius 1 is 1.35 bits per heavy atom. The zero-order chi connectivity index (χ0) is 13.9. The van der Waals surface area contributed by atoms with Crippen molar-refractivity contribution in [2.75, 3.05) is 32.9 Å². The van der Waals surface area contributed by atoms with Crippen molar-refractivity contribution in [2.24, 2.45) is 5.73 Å². The highest BCUT2D eigenvalue weighted by Crippen LogP contribution is 2.30. The summed E-state index contributed by atoms with van der Waals surface area (Å²) < 4.78 is 11.3. The predicted molar refractivity (Wildman–Crippen MR) is 80.1 cm³/mol. The molecule has 6 heteroatoms. The van der Waals surface area contributed by atoms with Crippen LogP contribution in [0, 0.1) is 0 Å². The maximum Gasteiger partial charge on any atom is 0.242 e. The van der Waals surface area contributed by atoms with Crippen molar-refractivity contribution >= 4 is 18.3 Å². The van der Waals surface area contributed by atoms with Gasteiger partial charge in [0, 0.05) is 39.1 Å². The van der Waals surface area contributed by atoms with Crippen molar-refractivity contribution < 1.29 is 14.3 Å². The monoisotopic (exact) mass is 306 g/mol. The Balaban J connectivity index is 0.00000200. The van der Waals surface area contributed by atoms with Gasteiger partial charge in [0.2, 0.25) is 5.91 Å². The lowest BCUT2D eigenvalue weighted by Crippen LogP contribution is -2.61. The Labute approximate surface area is 127 Å². The molecule has 2 aliphatic rings. The lowest BCUT2D eigenvalue weighted by Gasteiger charge is -2.46. The summed E-state index contributed by atoms with van der Waals surface area (Å²) in [6, 6.07) is 0. The third-order valence-electron chi connectivity index (χ3n) is 4.20. The van der Waals surface area contributed by atoms with Gasteiger partial charge in [0.15, 0.2) is 0 Å². The first-order valence-corrected chi connectivity index (χ1v) is 7.29. The largest absolute Gasteiger partial charge is 0.381 e. The van der Waals surface area contributed by atoms with Gasteiger partial charge in [-0.15, -0.1) is 12.4 Å². The van der Waals surface area contributed by atoms with Crippen molar-refractivity contribution in [1.29, 1.82) is 0 Å². The Morgan fingerprint density at radius 2 is 2.00 bits per heavy atom. The Kier molecular flexibility index (Phi) is 6.25. The number of hydrogen-bond donors (Lipinski definition) is 1. The van der Waals surface area contributed by atoms with Gasteiger partial charge in [-0.05, 0) is 13.3 Å². The molecule has 0 aromatic carbocycles. The minimum Gasteiger partial charge on any atom is -0.381 e. The fourth-order valence-corrected chi connectivity index (χ4v) is 3.05. The molecule has 2 rings (SSSR count). The molecule has 0 saturated carbocycles. The molecule has 2 aliphatic heterocycles. The average Bonchev–Trinajstić information content (AvgIpc) is 2.39. The molecule has 1 amide bonds. The summed E-state index contributed by atoms with van der Waals surface area (Å²) in [7, 11) is 0. The molecule has 5 nitrogen and oxygen atoms in total. The molecule has 0 radical (unpaired) electrons. The van der Waals surface area contributed by atoms with Gasteiger partial charge in [-0.2, -0.15) is 0 Å². The van der Waals surface area contributed by atoms with Gasteiger partial charge in [0.05, 0.1) is 17.7 Å². The first-order valence-electron chi connectivity index (χ1n) is 7.29. The van der Waals surface area contributed by atoms with E-state index in [1.165, 1.54) is 0 Å². The van der Waals surface area contributed by atoms with Crippen LogP contribution >= 0.6 is 12.4 Å². The fourth-order valence-electron chi connectivity index (χ4n) is 3.05. The van der Waals surface area contributed by atoms with Crippen molar-refractivity contribution in [3.05, 3.63) is 0 Å². The molecule has 0 aromatic rings. The highest BCUT2D eigenvalue weighted by atomic mass is 35.5. The van der Waals surface area contributed by atoms with Gasteiger partial charge in [0.25, 0.3) is 0 Å². The fraction of sp³-hybridized carbons (Fsp3) is 0.929. The highest BCUT2D eigenvalue weighted by Gasteiger charge is 2.42. The first kappa shape index (κ1) is 17.7. The molecule has 20 heavy (non-hydrogen) atoms. The number of ether oxygens (including phenoxy) is 2. The van der Waals surface area contributed by atoms with Gasteiger partial charge in [-0.1, -0.05) is 13.3 Å². The summed E-state index contributed by atoms with van der Waals surface area (Å²) in [6.07, 6.45) is 3.37. The van der Waals surface area contributed by atoms with Crippen LogP contribution in [0.15, 0.2) is 0 Å². The Hall–Kier alpha value is -0.360. The van der Waals surface area contributed by atoms with Gasteiger partial charge in [-0.3, -0.25) is 4.79 Å². The van der Waals surface area contributed by atoms with Crippen LogP contribution in [0.25, 0.3) is 0 Å². The zero-order valence-electron chi connectivity index (χ0n) is 12.5. The van der Waals surface area contributed by atoms with E-state index in [0.717, 1.165) is 38.9 Å². The Morgan fingerprint density at radius 3 is 2.60 bits per heavy atom. The molecule has 0 aromatic heterocycles. The summed E-state index contributed by atoms with van der Waals surface area (Å²) in [5.74, 6) is 0.0588. The van der Waals surface area contributed by atoms with Crippen LogP contribution in [-0.4, -0.2) is 54.9 Å². The van der Waals surface area contributed by atoms with Crippen LogP contribution in [-0.2, 0) is 14.3 Å². The van der Waals surface area contributed by atoms with E-state index in [9.17, 15) is 4.79 Å². The molecule has 2 fully saturated rings. The van der Waals surface area contributed by atoms with Crippen molar-refractivity contribution in [1.82, 2.24) is 4.90 Å². The summed E-state index contributed by atoms with van der Waals surface area (Å²) in [6.45, 7) is 7.24. The van der Waals surface area contributed by atoms with Gasteiger partial charge in [0.1, 0.15) is 0 Å². The van der Waals surface area contributed by atoms with Gasteiger partial charge in [-0.25, -0.2) is 0 Å². The van der Waals surface area contributed by atoms with Crippen LogP contribution in [0.4, 0.5) is 0 Å². The number of nitrogens with two attached hydrogens (primary N) is 1. The van der Waals surface area contributed by atoms with E-state index in [2.05, 4.69) is 6.92 Å². The molecule has 0 aliphatic carbocycles. The topological polar surface area (TPSA) is 64.8 Å². The van der Waals surface area contributed by atoms with Crippen LogP contribution in [0.5, 0.6) is 0 Å².